The molecule has 0 saturated carbocycles. The van der Waals surface area contributed by atoms with Gasteiger partial charge in [0.15, 0.2) is 11.5 Å². The van der Waals surface area contributed by atoms with Gasteiger partial charge in [-0.05, 0) is 10.9 Å². The lowest BCUT2D eigenvalue weighted by molar-refractivity contribution is 0.106. The Kier molecular flexibility index (Phi) is 5.52. The Morgan fingerprint density at radius 1 is 1.32 bits per heavy atom. The highest BCUT2D eigenvalue weighted by Gasteiger charge is 2.21. The number of Topliss-reactive ketones (excluding diaryl/α,β-unsaturated/α-hetero) is 1. The van der Waals surface area contributed by atoms with Crippen LogP contribution >= 0.6 is 0 Å². The molecule has 0 radical (unpaired) electrons. The molecule has 0 bridgehead atoms. The number of ketones is 1. The molecule has 0 fully saturated rings. The minimum atomic E-state index is -4.21. The van der Waals surface area contributed by atoms with E-state index in [0.717, 1.165) is 0 Å². The fourth-order valence-electron chi connectivity index (χ4n) is 1.26. The normalized spacial score (nSPS) is 12.5. The molecule has 0 aliphatic rings. The lowest BCUT2D eigenvalue weighted by atomic mass is 10.1. The van der Waals surface area contributed by atoms with E-state index in [1.54, 1.807) is 30.3 Å². The van der Waals surface area contributed by atoms with Gasteiger partial charge >= 0.3 is 10.3 Å². The van der Waals surface area contributed by atoms with Gasteiger partial charge in [0, 0.05) is 5.56 Å². The number of hydrogen-bond donors (Lipinski definition) is 1. The zero-order chi connectivity index (χ0) is 14.5. The van der Waals surface area contributed by atoms with E-state index in [0.29, 0.717) is 11.3 Å². The van der Waals surface area contributed by atoms with Crippen molar-refractivity contribution >= 4 is 32.7 Å². The molecule has 0 saturated heterocycles. The fraction of sp³-hybridized carbons (Fsp3) is 0.273. The van der Waals surface area contributed by atoms with Crippen LogP contribution in [0.5, 0.6) is 0 Å². The van der Waals surface area contributed by atoms with Gasteiger partial charge in [0.1, 0.15) is 0 Å². The van der Waals surface area contributed by atoms with Crippen molar-refractivity contribution in [3.63, 3.8) is 0 Å². The van der Waals surface area contributed by atoms with Crippen molar-refractivity contribution in [1.82, 2.24) is 0 Å². The van der Waals surface area contributed by atoms with E-state index in [1.165, 1.54) is 0 Å². The molecule has 0 amide bonds. The van der Waals surface area contributed by atoms with Gasteiger partial charge in [-0.2, -0.15) is 13.6 Å². The summed E-state index contributed by atoms with van der Waals surface area (Å²) in [5.41, 5.74) is 0.457. The van der Waals surface area contributed by atoms with Crippen LogP contribution < -0.4 is 5.14 Å². The maximum Gasteiger partial charge on any atom is 0.399 e. The average Bonchev–Trinajstić information content (AvgIpc) is 2.33. The molecule has 1 rings (SSSR count). The van der Waals surface area contributed by atoms with Crippen LogP contribution in [-0.4, -0.2) is 38.2 Å². The second-order valence-electron chi connectivity index (χ2n) is 3.93. The largest absolute Gasteiger partial charge is 0.399 e. The van der Waals surface area contributed by atoms with Gasteiger partial charge in [0.25, 0.3) is 0 Å². The first-order valence-corrected chi connectivity index (χ1v) is 8.90. The lowest BCUT2D eigenvalue weighted by Crippen LogP contribution is -2.25. The molecule has 6 nitrogen and oxygen atoms in total. The van der Waals surface area contributed by atoms with Crippen LogP contribution in [0.2, 0.25) is 0 Å². The zero-order valence-corrected chi connectivity index (χ0v) is 12.2. The monoisotopic (exact) mass is 303 g/mol. The molecule has 0 unspecified atom stereocenters. The van der Waals surface area contributed by atoms with Crippen LogP contribution in [0.3, 0.4) is 0 Å². The summed E-state index contributed by atoms with van der Waals surface area (Å²) in [6.07, 6.45) is 3.81. The van der Waals surface area contributed by atoms with Crippen LogP contribution in [0.25, 0.3) is 0 Å². The van der Waals surface area contributed by atoms with Crippen molar-refractivity contribution in [2.75, 3.05) is 18.3 Å². The molecular formula is C11H15N2O4S2+. The number of carbonyl (C=O) groups excluding carboxylic acids is 1. The second-order valence-corrected chi connectivity index (χ2v) is 7.32. The summed E-state index contributed by atoms with van der Waals surface area (Å²) in [4.78, 5) is 12.2. The van der Waals surface area contributed by atoms with E-state index in [-0.39, 0.29) is 22.4 Å². The molecule has 2 N–H and O–H groups in total. The van der Waals surface area contributed by atoms with Gasteiger partial charge in [-0.15, -0.1) is 0 Å². The third kappa shape index (κ3) is 5.86. The Balaban J connectivity index is 3.01. The van der Waals surface area contributed by atoms with E-state index >= 15 is 0 Å². The molecule has 0 aliphatic carbocycles. The number of benzene rings is 1. The van der Waals surface area contributed by atoms with Gasteiger partial charge < -0.3 is 0 Å². The maximum atomic E-state index is 12.2. The molecule has 0 aliphatic heterocycles. The van der Waals surface area contributed by atoms with Crippen LogP contribution in [0.4, 0.5) is 0 Å². The highest BCUT2D eigenvalue weighted by Crippen LogP contribution is 2.04. The van der Waals surface area contributed by atoms with Crippen molar-refractivity contribution in [2.45, 2.75) is 0 Å². The predicted octanol–water partition coefficient (Wildman–Crippen LogP) is 0.323. The number of carbonyl (C=O) groups is 1. The van der Waals surface area contributed by atoms with E-state index in [1.807, 2.05) is 12.5 Å². The van der Waals surface area contributed by atoms with Crippen LogP contribution in [0.15, 0.2) is 35.5 Å². The average molecular weight is 303 g/mol. The molecule has 0 aromatic heterocycles. The van der Waals surface area contributed by atoms with E-state index in [9.17, 15) is 13.2 Å². The first-order valence-electron chi connectivity index (χ1n) is 5.22. The van der Waals surface area contributed by atoms with Gasteiger partial charge in [0.2, 0.25) is 5.78 Å². The Morgan fingerprint density at radius 3 is 2.37 bits per heavy atom. The first-order chi connectivity index (χ1) is 8.79. The molecule has 0 atom stereocenters. The highest BCUT2D eigenvalue weighted by atomic mass is 32.2. The Bertz CT molecular complexity index is 568. The molecule has 0 spiro atoms. The number of oxime groups is 1. The zero-order valence-electron chi connectivity index (χ0n) is 10.6. The molecule has 104 valence electrons. The Morgan fingerprint density at radius 2 is 1.89 bits per heavy atom. The van der Waals surface area contributed by atoms with Crippen LogP contribution in [0.1, 0.15) is 10.4 Å². The molecule has 8 heteroatoms. The van der Waals surface area contributed by atoms with E-state index in [2.05, 4.69) is 14.6 Å². The molecular weight excluding hydrogens is 288 g/mol. The quantitative estimate of drug-likeness (QED) is 0.354. The Hall–Kier alpha value is -1.38. The van der Waals surface area contributed by atoms with E-state index < -0.39 is 10.3 Å². The van der Waals surface area contributed by atoms with Gasteiger partial charge in [-0.1, -0.05) is 35.5 Å². The minimum Gasteiger partial charge on any atom is -0.287 e. The first kappa shape index (κ1) is 15.7. The summed E-state index contributed by atoms with van der Waals surface area (Å²) in [7, 11) is -4.34. The van der Waals surface area contributed by atoms with Gasteiger partial charge in [-0.3, -0.25) is 9.08 Å². The van der Waals surface area contributed by atoms with E-state index in [4.69, 9.17) is 0 Å². The topological polar surface area (TPSA) is 98.8 Å². The SMILES string of the molecule is C[S+](C)CC(=NOS(N)(=O)=O)C(=O)c1ccccc1. The molecule has 19 heavy (non-hydrogen) atoms. The fourth-order valence-corrected chi connectivity index (χ4v) is 2.18. The summed E-state index contributed by atoms with van der Waals surface area (Å²) >= 11 is 0. The summed E-state index contributed by atoms with van der Waals surface area (Å²) < 4.78 is 25.6. The summed E-state index contributed by atoms with van der Waals surface area (Å²) in [6, 6.07) is 8.45. The highest BCUT2D eigenvalue weighted by molar-refractivity contribution is 7.96. The van der Waals surface area contributed by atoms with Crippen molar-refractivity contribution in [1.29, 1.82) is 0 Å². The van der Waals surface area contributed by atoms with Crippen molar-refractivity contribution in [3.8, 4) is 0 Å². The number of nitrogens with two attached hydrogens (primary N) is 1. The third-order valence-electron chi connectivity index (χ3n) is 1.97. The summed E-state index contributed by atoms with van der Waals surface area (Å²) in [5, 5.41) is 8.06. The maximum absolute atomic E-state index is 12.2. The van der Waals surface area contributed by atoms with Crippen molar-refractivity contribution in [2.24, 2.45) is 10.3 Å². The molecule has 1 aromatic carbocycles. The van der Waals surface area contributed by atoms with Crippen molar-refractivity contribution in [3.05, 3.63) is 35.9 Å². The predicted molar refractivity (Wildman–Crippen MR) is 76.5 cm³/mol. The lowest BCUT2D eigenvalue weighted by Gasteiger charge is -2.03. The number of nitrogens with zero attached hydrogens (tertiary/aromatic N) is 1. The number of hydrogen-bond acceptors (Lipinski definition) is 5. The standard InChI is InChI=1S/C11H15N2O4S2/c1-18(2)8-10(13-17-19(12,15)16)11(14)9-6-4-3-5-7-9/h3-7H,8H2,1-2H3,(H2,12,15,16)/q+1. The molecule has 0 heterocycles. The summed E-state index contributed by atoms with van der Waals surface area (Å²) in [5.74, 6) is -0.0473. The van der Waals surface area contributed by atoms with Crippen LogP contribution in [0, 0.1) is 0 Å². The third-order valence-corrected chi connectivity index (χ3v) is 3.11. The Labute approximate surface area is 115 Å². The van der Waals surface area contributed by atoms with Gasteiger partial charge in [-0.25, -0.2) is 0 Å². The number of rotatable bonds is 6. The molecule has 1 aromatic rings. The van der Waals surface area contributed by atoms with Gasteiger partial charge in [0.05, 0.1) is 12.5 Å². The minimum absolute atomic E-state index is 0.0357. The van der Waals surface area contributed by atoms with Crippen LogP contribution in [-0.2, 0) is 25.5 Å². The summed E-state index contributed by atoms with van der Waals surface area (Å²) in [6.45, 7) is 0. The smallest absolute Gasteiger partial charge is 0.287 e. The second kappa shape index (κ2) is 6.69. The van der Waals surface area contributed by atoms with Crippen molar-refractivity contribution < 1.29 is 17.5 Å².